The lowest BCUT2D eigenvalue weighted by molar-refractivity contribution is 0.0366. The van der Waals surface area contributed by atoms with Crippen LogP contribution in [0.3, 0.4) is 0 Å². The van der Waals surface area contributed by atoms with Crippen LogP contribution in [0.1, 0.15) is 38.1 Å². The molecule has 0 aromatic heterocycles. The highest BCUT2D eigenvalue weighted by molar-refractivity contribution is 7.99. The Bertz CT molecular complexity index is 514. The van der Waals surface area contributed by atoms with Crippen LogP contribution >= 0.6 is 11.8 Å². The molecule has 21 heavy (non-hydrogen) atoms. The highest BCUT2D eigenvalue weighted by Crippen LogP contribution is 2.24. The van der Waals surface area contributed by atoms with Crippen molar-refractivity contribution >= 4 is 17.7 Å². The minimum Gasteiger partial charge on any atom is -0.389 e. The Morgan fingerprint density at radius 3 is 2.52 bits per heavy atom. The van der Waals surface area contributed by atoms with Gasteiger partial charge >= 0.3 is 0 Å². The Morgan fingerprint density at radius 2 is 1.95 bits per heavy atom. The molecule has 1 amide bonds. The second-order valence-electron chi connectivity index (χ2n) is 6.06. The zero-order valence-electron chi connectivity index (χ0n) is 13.5. The van der Waals surface area contributed by atoms with Crippen LogP contribution in [0.4, 0.5) is 0 Å². The molecule has 116 valence electrons. The molecule has 1 aromatic carbocycles. The summed E-state index contributed by atoms with van der Waals surface area (Å²) in [4.78, 5) is 15.1. The molecular weight excluding hydrogens is 282 g/mol. The molecule has 0 spiro atoms. The van der Waals surface area contributed by atoms with E-state index in [9.17, 15) is 9.90 Å². The maximum absolute atomic E-state index is 12.5. The summed E-state index contributed by atoms with van der Waals surface area (Å²) in [7, 11) is 1.72. The molecule has 0 bridgehead atoms. The number of rotatable bonds is 6. The molecule has 0 aliphatic rings. The second-order valence-corrected chi connectivity index (χ2v) is 7.12. The molecular formula is C17H25NO2S. The first-order valence-corrected chi connectivity index (χ1v) is 8.02. The van der Waals surface area contributed by atoms with E-state index in [-0.39, 0.29) is 5.91 Å². The van der Waals surface area contributed by atoms with Gasteiger partial charge in [-0.15, -0.1) is 11.8 Å². The Balaban J connectivity index is 2.87. The van der Waals surface area contributed by atoms with Crippen molar-refractivity contribution in [2.75, 3.05) is 19.3 Å². The third-order valence-corrected chi connectivity index (χ3v) is 3.82. The highest BCUT2D eigenvalue weighted by Gasteiger charge is 2.21. The topological polar surface area (TPSA) is 40.5 Å². The van der Waals surface area contributed by atoms with E-state index in [1.807, 2.05) is 24.3 Å². The van der Waals surface area contributed by atoms with Gasteiger partial charge in [0.15, 0.2) is 0 Å². The lowest BCUT2D eigenvalue weighted by atomic mass is 10.1. The van der Waals surface area contributed by atoms with Crippen molar-refractivity contribution in [3.8, 4) is 0 Å². The molecule has 0 atom stereocenters. The maximum Gasteiger partial charge on any atom is 0.254 e. The molecule has 1 N–H and O–H groups in total. The van der Waals surface area contributed by atoms with Crippen LogP contribution in [0.2, 0.25) is 0 Å². The van der Waals surface area contributed by atoms with Gasteiger partial charge in [-0.2, -0.15) is 0 Å². The van der Waals surface area contributed by atoms with Gasteiger partial charge in [0, 0.05) is 24.2 Å². The Labute approximate surface area is 132 Å². The molecule has 1 aromatic rings. The summed E-state index contributed by atoms with van der Waals surface area (Å²) < 4.78 is 0. The van der Waals surface area contributed by atoms with Crippen molar-refractivity contribution in [2.24, 2.45) is 0 Å². The van der Waals surface area contributed by atoms with E-state index in [2.05, 4.69) is 19.9 Å². The van der Waals surface area contributed by atoms with Crippen LogP contribution in [0, 0.1) is 0 Å². The van der Waals surface area contributed by atoms with Crippen molar-refractivity contribution < 1.29 is 9.90 Å². The highest BCUT2D eigenvalue weighted by atomic mass is 32.2. The molecule has 3 nitrogen and oxygen atoms in total. The van der Waals surface area contributed by atoms with Gasteiger partial charge in [0.1, 0.15) is 0 Å². The summed E-state index contributed by atoms with van der Waals surface area (Å²) in [6, 6.07) is 7.62. The van der Waals surface area contributed by atoms with E-state index in [4.69, 9.17) is 0 Å². The first kappa shape index (κ1) is 17.8. The summed E-state index contributed by atoms with van der Waals surface area (Å²) in [5.74, 6) is 0.791. The lowest BCUT2D eigenvalue weighted by Crippen LogP contribution is -2.39. The second kappa shape index (κ2) is 7.66. The SMILES string of the molecule is CC(C)=CCSc1ccccc1C(=O)N(C)CC(C)(C)O. The van der Waals surface area contributed by atoms with Gasteiger partial charge in [0.2, 0.25) is 0 Å². The van der Waals surface area contributed by atoms with Crippen molar-refractivity contribution in [2.45, 2.75) is 38.2 Å². The number of amides is 1. The molecule has 0 saturated carbocycles. The number of likely N-dealkylation sites (N-methyl/N-ethyl adjacent to an activating group) is 1. The molecule has 0 radical (unpaired) electrons. The number of hydrogen-bond donors (Lipinski definition) is 1. The van der Waals surface area contributed by atoms with Gasteiger partial charge in [0.25, 0.3) is 5.91 Å². The van der Waals surface area contributed by atoms with E-state index in [1.54, 1.807) is 37.6 Å². The van der Waals surface area contributed by atoms with E-state index < -0.39 is 5.60 Å². The molecule has 0 unspecified atom stereocenters. The zero-order valence-corrected chi connectivity index (χ0v) is 14.3. The van der Waals surface area contributed by atoms with Crippen LogP contribution in [0.25, 0.3) is 0 Å². The monoisotopic (exact) mass is 307 g/mol. The molecule has 0 fully saturated rings. The third-order valence-electron chi connectivity index (χ3n) is 2.82. The van der Waals surface area contributed by atoms with Gasteiger partial charge < -0.3 is 10.0 Å². The first-order valence-electron chi connectivity index (χ1n) is 7.04. The number of carbonyl (C=O) groups excluding carboxylic acids is 1. The Morgan fingerprint density at radius 1 is 1.33 bits per heavy atom. The van der Waals surface area contributed by atoms with Gasteiger partial charge in [-0.25, -0.2) is 0 Å². The molecule has 4 heteroatoms. The smallest absolute Gasteiger partial charge is 0.254 e. The molecule has 1 rings (SSSR count). The van der Waals surface area contributed by atoms with Gasteiger partial charge in [-0.05, 0) is 39.8 Å². The van der Waals surface area contributed by atoms with Crippen LogP contribution in [0.15, 0.2) is 40.8 Å². The van der Waals surface area contributed by atoms with Crippen molar-refractivity contribution in [3.63, 3.8) is 0 Å². The van der Waals surface area contributed by atoms with E-state index in [0.29, 0.717) is 12.1 Å². The number of hydrogen-bond acceptors (Lipinski definition) is 3. The van der Waals surface area contributed by atoms with Gasteiger partial charge in [-0.1, -0.05) is 23.8 Å². The molecule has 0 heterocycles. The summed E-state index contributed by atoms with van der Waals surface area (Å²) >= 11 is 1.65. The summed E-state index contributed by atoms with van der Waals surface area (Å²) in [5, 5.41) is 9.85. The van der Waals surface area contributed by atoms with Crippen LogP contribution in [0.5, 0.6) is 0 Å². The summed E-state index contributed by atoms with van der Waals surface area (Å²) in [6.07, 6.45) is 2.15. The quantitative estimate of drug-likeness (QED) is 0.645. The Hall–Kier alpha value is -1.26. The lowest BCUT2D eigenvalue weighted by Gasteiger charge is -2.26. The van der Waals surface area contributed by atoms with Crippen LogP contribution in [-0.4, -0.2) is 40.9 Å². The molecule has 0 aliphatic carbocycles. The van der Waals surface area contributed by atoms with Crippen molar-refractivity contribution in [1.29, 1.82) is 0 Å². The normalized spacial score (nSPS) is 11.1. The third kappa shape index (κ3) is 6.36. The minimum absolute atomic E-state index is 0.0579. The first-order chi connectivity index (χ1) is 9.70. The number of benzene rings is 1. The average Bonchev–Trinajstić information content (AvgIpc) is 2.36. The van der Waals surface area contributed by atoms with Gasteiger partial charge in [-0.3, -0.25) is 4.79 Å². The summed E-state index contributed by atoms with van der Waals surface area (Å²) in [6.45, 7) is 7.83. The molecule has 0 saturated heterocycles. The number of thioether (sulfide) groups is 1. The Kier molecular flexibility index (Phi) is 6.49. The van der Waals surface area contributed by atoms with E-state index in [1.165, 1.54) is 5.57 Å². The largest absolute Gasteiger partial charge is 0.389 e. The van der Waals surface area contributed by atoms with Crippen LogP contribution < -0.4 is 0 Å². The van der Waals surface area contributed by atoms with Crippen molar-refractivity contribution in [3.05, 3.63) is 41.5 Å². The van der Waals surface area contributed by atoms with E-state index in [0.717, 1.165) is 10.6 Å². The zero-order chi connectivity index (χ0) is 16.0. The van der Waals surface area contributed by atoms with Gasteiger partial charge in [0.05, 0.1) is 11.2 Å². The average molecular weight is 307 g/mol. The fraction of sp³-hybridized carbons (Fsp3) is 0.471. The predicted octanol–water partition coefficient (Wildman–Crippen LogP) is 3.59. The van der Waals surface area contributed by atoms with Crippen molar-refractivity contribution in [1.82, 2.24) is 4.90 Å². The number of allylic oxidation sites excluding steroid dienone is 1. The molecule has 0 aliphatic heterocycles. The maximum atomic E-state index is 12.5. The number of aliphatic hydroxyl groups is 1. The fourth-order valence-electron chi connectivity index (χ4n) is 1.93. The number of nitrogens with zero attached hydrogens (tertiary/aromatic N) is 1. The fourth-order valence-corrected chi connectivity index (χ4v) is 3.01. The standard InChI is InChI=1S/C17H25NO2S/c1-13(2)10-11-21-15-9-7-6-8-14(15)16(19)18(5)12-17(3,4)20/h6-10,20H,11-12H2,1-5H3. The van der Waals surface area contributed by atoms with E-state index >= 15 is 0 Å². The van der Waals surface area contributed by atoms with Crippen LogP contribution in [-0.2, 0) is 0 Å². The summed E-state index contributed by atoms with van der Waals surface area (Å²) in [5.41, 5.74) is 1.07. The predicted molar refractivity (Wildman–Crippen MR) is 89.9 cm³/mol. The minimum atomic E-state index is -0.894. The number of carbonyl (C=O) groups is 1.